The highest BCUT2D eigenvalue weighted by Gasteiger charge is 1.99. The summed E-state index contributed by atoms with van der Waals surface area (Å²) in [7, 11) is 0.300. The first kappa shape index (κ1) is 9.27. The van der Waals surface area contributed by atoms with Gasteiger partial charge < -0.3 is 0 Å². The molecule has 0 aromatic carbocycles. The lowest BCUT2D eigenvalue weighted by Crippen LogP contribution is -1.69. The molecule has 0 aliphatic carbocycles. The zero-order chi connectivity index (χ0) is 8.97. The lowest BCUT2D eigenvalue weighted by Gasteiger charge is -1.86. The maximum Gasteiger partial charge on any atom is 0.147 e. The first-order valence-corrected chi connectivity index (χ1v) is 5.69. The molecule has 0 fully saturated rings. The standard InChI is InChI=1S/C11H15S/c1-10-8-6-4-5-7-9-11(2)12(10)3/h4-9H,1-3H3/q+1. The normalized spacial score (nSPS) is 9.25. The van der Waals surface area contributed by atoms with Crippen LogP contribution in [0.4, 0.5) is 0 Å². The van der Waals surface area contributed by atoms with Gasteiger partial charge in [-0.05, 0) is 22.6 Å². The Morgan fingerprint density at radius 1 is 0.833 bits per heavy atom. The Morgan fingerprint density at radius 2 is 1.25 bits per heavy atom. The third-order valence-electron chi connectivity index (χ3n) is 1.96. The van der Waals surface area contributed by atoms with Crippen molar-refractivity contribution in [2.24, 2.45) is 6.26 Å². The van der Waals surface area contributed by atoms with Crippen molar-refractivity contribution in [1.29, 1.82) is 0 Å². The summed E-state index contributed by atoms with van der Waals surface area (Å²) >= 11 is 0. The molecule has 0 atom stereocenters. The number of hydrogen-bond acceptors (Lipinski definition) is 0. The Kier molecular flexibility index (Phi) is 3.30. The van der Waals surface area contributed by atoms with Crippen molar-refractivity contribution < 1.29 is 0 Å². The van der Waals surface area contributed by atoms with E-state index in [0.717, 1.165) is 0 Å². The van der Waals surface area contributed by atoms with Crippen molar-refractivity contribution in [1.82, 2.24) is 0 Å². The van der Waals surface area contributed by atoms with Crippen molar-refractivity contribution in [3.05, 3.63) is 46.2 Å². The van der Waals surface area contributed by atoms with Crippen LogP contribution >= 0.6 is 10.5 Å². The topological polar surface area (TPSA) is 0 Å². The van der Waals surface area contributed by atoms with E-state index < -0.39 is 0 Å². The number of aryl methyl sites for hydroxylation is 2. The van der Waals surface area contributed by atoms with E-state index in [1.807, 2.05) is 0 Å². The first-order valence-electron chi connectivity index (χ1n) is 4.06. The van der Waals surface area contributed by atoms with E-state index in [4.69, 9.17) is 0 Å². The number of rotatable bonds is 0. The second kappa shape index (κ2) is 4.27. The molecule has 1 aromatic rings. The first-order chi connectivity index (χ1) is 5.72. The van der Waals surface area contributed by atoms with E-state index in [2.05, 4.69) is 56.5 Å². The van der Waals surface area contributed by atoms with Crippen LogP contribution in [-0.2, 0) is 6.26 Å². The van der Waals surface area contributed by atoms with Crippen molar-refractivity contribution in [3.8, 4) is 0 Å². The molecule has 0 amide bonds. The van der Waals surface area contributed by atoms with Gasteiger partial charge in [-0.3, -0.25) is 0 Å². The maximum atomic E-state index is 2.27. The van der Waals surface area contributed by atoms with Crippen molar-refractivity contribution in [3.63, 3.8) is 0 Å². The predicted octanol–water partition coefficient (Wildman–Crippen LogP) is 3.71. The van der Waals surface area contributed by atoms with Crippen LogP contribution in [0.1, 0.15) is 9.75 Å². The lowest BCUT2D eigenvalue weighted by atomic mass is 10.4. The minimum absolute atomic E-state index is 0.300. The molecule has 0 saturated heterocycles. The molecule has 1 rings (SSSR count). The molecule has 0 bridgehead atoms. The van der Waals surface area contributed by atoms with Gasteiger partial charge in [0, 0.05) is 13.8 Å². The van der Waals surface area contributed by atoms with E-state index in [1.54, 1.807) is 0 Å². The largest absolute Gasteiger partial charge is 0.147 e. The van der Waals surface area contributed by atoms with Crippen LogP contribution in [-0.4, -0.2) is 0 Å². The van der Waals surface area contributed by atoms with Crippen LogP contribution in [0.15, 0.2) is 36.4 Å². The van der Waals surface area contributed by atoms with Gasteiger partial charge in [0.05, 0.1) is 0 Å². The smallest absolute Gasteiger partial charge is 0.0621 e. The molecular formula is C11H15S+. The Balaban J connectivity index is 3.42. The maximum absolute atomic E-state index is 2.27. The van der Waals surface area contributed by atoms with Gasteiger partial charge in [-0.25, -0.2) is 0 Å². The molecular weight excluding hydrogens is 164 g/mol. The van der Waals surface area contributed by atoms with Crippen LogP contribution < -0.4 is 0 Å². The highest BCUT2D eigenvalue weighted by atomic mass is 32.2. The quantitative estimate of drug-likeness (QED) is 0.532. The van der Waals surface area contributed by atoms with Crippen LogP contribution in [0.25, 0.3) is 0 Å². The summed E-state index contributed by atoms with van der Waals surface area (Å²) < 4.78 is 0. The van der Waals surface area contributed by atoms with Crippen molar-refractivity contribution in [2.45, 2.75) is 13.8 Å². The average Bonchev–Trinajstić information content (AvgIpc) is 2.12. The van der Waals surface area contributed by atoms with Crippen LogP contribution in [0.5, 0.6) is 0 Å². The van der Waals surface area contributed by atoms with Crippen LogP contribution in [0.2, 0.25) is 0 Å². The second-order valence-corrected chi connectivity index (χ2v) is 5.14. The number of hydrogen-bond donors (Lipinski definition) is 0. The molecule has 1 heterocycles. The minimum atomic E-state index is 0.300. The molecule has 0 nitrogen and oxygen atoms in total. The highest BCUT2D eigenvalue weighted by Crippen LogP contribution is 2.20. The summed E-state index contributed by atoms with van der Waals surface area (Å²) in [5, 5.41) is 0. The Hall–Kier alpha value is -0.820. The summed E-state index contributed by atoms with van der Waals surface area (Å²) in [6.45, 7) is 4.38. The fraction of sp³-hybridized carbons (Fsp3) is 0.273. The van der Waals surface area contributed by atoms with Gasteiger partial charge in [-0.2, -0.15) is 0 Å². The van der Waals surface area contributed by atoms with Crippen LogP contribution in [0, 0.1) is 13.8 Å². The molecule has 0 radical (unpaired) electrons. The van der Waals surface area contributed by atoms with E-state index in [9.17, 15) is 0 Å². The van der Waals surface area contributed by atoms with Crippen molar-refractivity contribution >= 4 is 10.5 Å². The third-order valence-corrected chi connectivity index (χ3v) is 4.17. The van der Waals surface area contributed by atoms with Gasteiger partial charge in [0.1, 0.15) is 16.0 Å². The van der Waals surface area contributed by atoms with Gasteiger partial charge in [0.15, 0.2) is 0 Å². The van der Waals surface area contributed by atoms with E-state index in [1.165, 1.54) is 9.75 Å². The molecule has 0 spiro atoms. The Labute approximate surface area is 77.2 Å². The molecule has 64 valence electrons. The second-order valence-electron chi connectivity index (χ2n) is 2.83. The molecule has 0 aliphatic heterocycles. The SMILES string of the molecule is Cc1ccccccc(C)[s+]1C. The lowest BCUT2D eigenvalue weighted by molar-refractivity contribution is 1.57. The van der Waals surface area contributed by atoms with E-state index >= 15 is 0 Å². The Bertz CT molecular complexity index is 279. The zero-order valence-corrected chi connectivity index (χ0v) is 8.69. The zero-order valence-electron chi connectivity index (χ0n) is 7.87. The minimum Gasteiger partial charge on any atom is -0.0621 e. The molecule has 0 N–H and O–H groups in total. The molecule has 0 unspecified atom stereocenters. The van der Waals surface area contributed by atoms with E-state index in [0.29, 0.717) is 10.5 Å². The summed E-state index contributed by atoms with van der Waals surface area (Å²) in [5.74, 6) is 0. The van der Waals surface area contributed by atoms with Gasteiger partial charge in [-0.15, -0.1) is 0 Å². The summed E-state index contributed by atoms with van der Waals surface area (Å²) in [4.78, 5) is 2.90. The summed E-state index contributed by atoms with van der Waals surface area (Å²) in [6, 6.07) is 12.7. The molecule has 1 aromatic heterocycles. The highest BCUT2D eigenvalue weighted by molar-refractivity contribution is 7.29. The van der Waals surface area contributed by atoms with Gasteiger partial charge in [0.2, 0.25) is 0 Å². The van der Waals surface area contributed by atoms with Crippen LogP contribution in [0.3, 0.4) is 0 Å². The van der Waals surface area contributed by atoms with Crippen molar-refractivity contribution in [2.75, 3.05) is 0 Å². The monoisotopic (exact) mass is 179 g/mol. The third kappa shape index (κ3) is 2.35. The fourth-order valence-electron chi connectivity index (χ4n) is 0.968. The predicted molar refractivity (Wildman–Crippen MR) is 57.0 cm³/mol. The van der Waals surface area contributed by atoms with Gasteiger partial charge in [0.25, 0.3) is 0 Å². The molecule has 0 aliphatic rings. The van der Waals surface area contributed by atoms with E-state index in [-0.39, 0.29) is 0 Å². The summed E-state index contributed by atoms with van der Waals surface area (Å²) in [5.41, 5.74) is 0. The fourth-order valence-corrected chi connectivity index (χ4v) is 2.04. The Morgan fingerprint density at radius 3 is 1.67 bits per heavy atom. The molecule has 12 heavy (non-hydrogen) atoms. The average molecular weight is 179 g/mol. The summed E-state index contributed by atoms with van der Waals surface area (Å²) in [6.07, 6.45) is 2.27. The molecule has 1 heteroatoms. The molecule has 0 saturated carbocycles. The van der Waals surface area contributed by atoms with Gasteiger partial charge >= 0.3 is 0 Å². The van der Waals surface area contributed by atoms with Gasteiger partial charge in [-0.1, -0.05) is 24.3 Å².